The lowest BCUT2D eigenvalue weighted by Crippen LogP contribution is -2.29. The largest absolute Gasteiger partial charge is 0.493 e. The van der Waals surface area contributed by atoms with E-state index in [0.29, 0.717) is 12.1 Å². The van der Waals surface area contributed by atoms with Gasteiger partial charge in [0.1, 0.15) is 11.5 Å². The maximum Gasteiger partial charge on any atom is 0.122 e. The zero-order valence-corrected chi connectivity index (χ0v) is 12.8. The molecule has 2 aromatic rings. The topological polar surface area (TPSA) is 34.4 Å². The molecule has 3 nitrogen and oxygen atoms in total. The Labute approximate surface area is 126 Å². The molecule has 112 valence electrons. The summed E-state index contributed by atoms with van der Waals surface area (Å²) in [6.45, 7) is 5.27. The van der Waals surface area contributed by atoms with Crippen molar-refractivity contribution in [3.8, 4) is 5.75 Å². The van der Waals surface area contributed by atoms with E-state index in [1.165, 1.54) is 11.1 Å². The Balaban J connectivity index is 1.54. The van der Waals surface area contributed by atoms with E-state index in [1.807, 2.05) is 12.1 Å². The minimum atomic E-state index is 0.350. The smallest absolute Gasteiger partial charge is 0.122 e. The molecule has 2 unspecified atom stereocenters. The van der Waals surface area contributed by atoms with E-state index in [0.717, 1.165) is 37.4 Å². The summed E-state index contributed by atoms with van der Waals surface area (Å²) in [6, 6.07) is 11.3. The molecule has 2 atom stereocenters. The summed E-state index contributed by atoms with van der Waals surface area (Å²) in [6.07, 6.45) is 4.82. The molecule has 1 aromatic heterocycles. The monoisotopic (exact) mass is 285 g/mol. The predicted molar refractivity (Wildman–Crippen MR) is 83.7 cm³/mol. The summed E-state index contributed by atoms with van der Waals surface area (Å²) >= 11 is 0. The van der Waals surface area contributed by atoms with E-state index < -0.39 is 0 Å². The van der Waals surface area contributed by atoms with Crippen LogP contribution in [0.5, 0.6) is 5.75 Å². The fourth-order valence-electron chi connectivity index (χ4n) is 2.90. The van der Waals surface area contributed by atoms with Crippen LogP contribution < -0.4 is 10.1 Å². The van der Waals surface area contributed by atoms with E-state index >= 15 is 0 Å². The Hall–Kier alpha value is -1.74. The minimum absolute atomic E-state index is 0.350. The number of ether oxygens (including phenoxy) is 1. The van der Waals surface area contributed by atoms with E-state index in [9.17, 15) is 0 Å². The van der Waals surface area contributed by atoms with Gasteiger partial charge in [0.15, 0.2) is 0 Å². The van der Waals surface area contributed by atoms with Crippen LogP contribution in [0.2, 0.25) is 0 Å². The zero-order valence-electron chi connectivity index (χ0n) is 12.8. The maximum absolute atomic E-state index is 5.56. The number of benzene rings is 1. The Morgan fingerprint density at radius 3 is 2.95 bits per heavy atom. The molecule has 3 rings (SSSR count). The Morgan fingerprint density at radius 2 is 2.14 bits per heavy atom. The van der Waals surface area contributed by atoms with Crippen LogP contribution in [0.4, 0.5) is 0 Å². The Kier molecular flexibility index (Phi) is 4.30. The van der Waals surface area contributed by atoms with Gasteiger partial charge in [-0.15, -0.1) is 0 Å². The molecular formula is C18H23NO2. The molecule has 0 saturated carbocycles. The first kappa shape index (κ1) is 14.2. The molecule has 21 heavy (non-hydrogen) atoms. The summed E-state index contributed by atoms with van der Waals surface area (Å²) in [5.74, 6) is 2.11. The number of rotatable bonds is 6. The minimum Gasteiger partial charge on any atom is -0.493 e. The van der Waals surface area contributed by atoms with Crippen LogP contribution in [0.15, 0.2) is 41.0 Å². The highest BCUT2D eigenvalue weighted by molar-refractivity contribution is 5.40. The van der Waals surface area contributed by atoms with Crippen molar-refractivity contribution in [1.29, 1.82) is 0 Å². The normalized spacial score (nSPS) is 16.3. The second-order valence-electron chi connectivity index (χ2n) is 5.87. The molecule has 0 amide bonds. The Bertz CT molecular complexity index is 577. The summed E-state index contributed by atoms with van der Waals surface area (Å²) in [4.78, 5) is 0. The molecule has 0 fully saturated rings. The highest BCUT2D eigenvalue weighted by Gasteiger charge is 2.15. The molecule has 0 saturated heterocycles. The van der Waals surface area contributed by atoms with Crippen molar-refractivity contribution in [2.75, 3.05) is 6.61 Å². The van der Waals surface area contributed by atoms with E-state index in [-0.39, 0.29) is 0 Å². The van der Waals surface area contributed by atoms with Gasteiger partial charge in [0.25, 0.3) is 0 Å². The van der Waals surface area contributed by atoms with Crippen LogP contribution in [0.3, 0.4) is 0 Å². The van der Waals surface area contributed by atoms with Crippen molar-refractivity contribution in [3.63, 3.8) is 0 Å². The van der Waals surface area contributed by atoms with Gasteiger partial charge in [0.05, 0.1) is 12.9 Å². The van der Waals surface area contributed by atoms with Gasteiger partial charge in [0.2, 0.25) is 0 Å². The molecule has 0 bridgehead atoms. The first-order valence-corrected chi connectivity index (χ1v) is 7.76. The summed E-state index contributed by atoms with van der Waals surface area (Å²) in [5, 5.41) is 3.67. The first-order chi connectivity index (χ1) is 10.2. The van der Waals surface area contributed by atoms with Gasteiger partial charge in [0, 0.05) is 24.9 Å². The van der Waals surface area contributed by atoms with E-state index in [4.69, 9.17) is 9.15 Å². The third kappa shape index (κ3) is 3.48. The van der Waals surface area contributed by atoms with Gasteiger partial charge in [-0.2, -0.15) is 0 Å². The number of aryl methyl sites for hydroxylation is 1. The zero-order chi connectivity index (χ0) is 14.7. The third-order valence-electron chi connectivity index (χ3n) is 4.15. The summed E-state index contributed by atoms with van der Waals surface area (Å²) in [5.41, 5.74) is 2.67. The van der Waals surface area contributed by atoms with Crippen LogP contribution in [-0.4, -0.2) is 12.6 Å². The summed E-state index contributed by atoms with van der Waals surface area (Å²) in [7, 11) is 0. The van der Waals surface area contributed by atoms with Crippen molar-refractivity contribution in [1.82, 2.24) is 5.32 Å². The van der Waals surface area contributed by atoms with Crippen LogP contribution in [0.1, 0.15) is 43.2 Å². The van der Waals surface area contributed by atoms with Crippen molar-refractivity contribution in [2.45, 2.75) is 45.2 Å². The number of hydrogen-bond acceptors (Lipinski definition) is 3. The summed E-state index contributed by atoms with van der Waals surface area (Å²) < 4.78 is 10.9. The highest BCUT2D eigenvalue weighted by Crippen LogP contribution is 2.28. The molecule has 2 heterocycles. The molecular weight excluding hydrogens is 262 g/mol. The molecule has 0 radical (unpaired) electrons. The standard InChI is InChI=1S/C18H23NO2/c1-13(5-7-17-4-3-10-20-17)19-14(2)15-6-8-18-16(12-15)9-11-21-18/h3-4,6,8,10,12-14,19H,5,7,9,11H2,1-2H3. The fraction of sp³-hybridized carbons (Fsp3) is 0.444. The number of hydrogen-bond donors (Lipinski definition) is 1. The van der Waals surface area contributed by atoms with Crippen LogP contribution in [0, 0.1) is 0 Å². The van der Waals surface area contributed by atoms with Crippen LogP contribution in [-0.2, 0) is 12.8 Å². The number of nitrogens with one attached hydrogen (secondary N) is 1. The van der Waals surface area contributed by atoms with Gasteiger partial charge in [-0.25, -0.2) is 0 Å². The van der Waals surface area contributed by atoms with E-state index in [2.05, 4.69) is 37.4 Å². The fourth-order valence-corrected chi connectivity index (χ4v) is 2.90. The first-order valence-electron chi connectivity index (χ1n) is 7.76. The Morgan fingerprint density at radius 1 is 1.24 bits per heavy atom. The SMILES string of the molecule is CC(CCc1ccco1)NC(C)c1ccc2c(c1)CCO2. The maximum atomic E-state index is 5.56. The second kappa shape index (κ2) is 6.35. The lowest BCUT2D eigenvalue weighted by atomic mass is 10.0. The molecule has 0 aliphatic carbocycles. The molecule has 1 N–H and O–H groups in total. The van der Waals surface area contributed by atoms with Crippen LogP contribution >= 0.6 is 0 Å². The predicted octanol–water partition coefficient (Wildman–Crippen LogP) is 3.89. The average Bonchev–Trinajstić information content (AvgIpc) is 3.15. The third-order valence-corrected chi connectivity index (χ3v) is 4.15. The molecule has 1 aromatic carbocycles. The van der Waals surface area contributed by atoms with Crippen LogP contribution in [0.25, 0.3) is 0 Å². The molecule has 1 aliphatic rings. The lowest BCUT2D eigenvalue weighted by molar-refractivity contribution is 0.356. The quantitative estimate of drug-likeness (QED) is 0.874. The number of fused-ring (bicyclic) bond motifs is 1. The van der Waals surface area contributed by atoms with Gasteiger partial charge >= 0.3 is 0 Å². The second-order valence-corrected chi connectivity index (χ2v) is 5.87. The highest BCUT2D eigenvalue weighted by atomic mass is 16.5. The van der Waals surface area contributed by atoms with Crippen molar-refractivity contribution < 1.29 is 9.15 Å². The van der Waals surface area contributed by atoms with Crippen molar-refractivity contribution >= 4 is 0 Å². The van der Waals surface area contributed by atoms with Crippen molar-refractivity contribution in [2.24, 2.45) is 0 Å². The molecule has 0 spiro atoms. The van der Waals surface area contributed by atoms with E-state index in [1.54, 1.807) is 6.26 Å². The molecule has 1 aliphatic heterocycles. The van der Waals surface area contributed by atoms with Gasteiger partial charge in [-0.05, 0) is 49.6 Å². The van der Waals surface area contributed by atoms with Crippen molar-refractivity contribution in [3.05, 3.63) is 53.5 Å². The van der Waals surface area contributed by atoms with Gasteiger partial charge in [-0.1, -0.05) is 12.1 Å². The van der Waals surface area contributed by atoms with Gasteiger partial charge < -0.3 is 14.5 Å². The molecule has 3 heteroatoms. The van der Waals surface area contributed by atoms with Gasteiger partial charge in [-0.3, -0.25) is 0 Å². The number of furan rings is 1. The lowest BCUT2D eigenvalue weighted by Gasteiger charge is -2.20. The average molecular weight is 285 g/mol.